The molecule has 0 aromatic heterocycles. The summed E-state index contributed by atoms with van der Waals surface area (Å²) >= 11 is 0. The summed E-state index contributed by atoms with van der Waals surface area (Å²) in [6.45, 7) is 6.12. The zero-order valence-corrected chi connectivity index (χ0v) is 18.1. The Morgan fingerprint density at radius 2 is 1.77 bits per heavy atom. The highest BCUT2D eigenvalue weighted by Crippen LogP contribution is 2.11. The molecule has 0 unspecified atom stereocenters. The van der Waals surface area contributed by atoms with E-state index in [1.807, 2.05) is 30.3 Å². The maximum Gasteiger partial charge on any atom is 0.434 e. The van der Waals surface area contributed by atoms with Gasteiger partial charge in [-0.25, -0.2) is 9.59 Å². The normalized spacial score (nSPS) is 10.8. The van der Waals surface area contributed by atoms with Gasteiger partial charge in [-0.05, 0) is 39.2 Å². The van der Waals surface area contributed by atoms with Crippen LogP contribution in [0.4, 0.5) is 9.59 Å². The van der Waals surface area contributed by atoms with E-state index >= 15 is 0 Å². The molecule has 168 valence electrons. The number of nitrogens with one attached hydrogen (secondary N) is 1. The van der Waals surface area contributed by atoms with Gasteiger partial charge in [-0.2, -0.15) is 5.06 Å². The minimum Gasteiger partial charge on any atom is -0.469 e. The van der Waals surface area contributed by atoms with Crippen molar-refractivity contribution in [2.45, 2.75) is 52.2 Å². The molecule has 0 saturated heterocycles. The summed E-state index contributed by atoms with van der Waals surface area (Å²) in [5.74, 6) is -0.364. The van der Waals surface area contributed by atoms with E-state index in [2.05, 4.69) is 10.1 Å². The summed E-state index contributed by atoms with van der Waals surface area (Å²) in [7, 11) is 1.31. The molecule has 30 heavy (non-hydrogen) atoms. The average molecular weight is 424 g/mol. The van der Waals surface area contributed by atoms with Gasteiger partial charge in [0.05, 0.1) is 20.3 Å². The second-order valence-electron chi connectivity index (χ2n) is 7.44. The molecule has 0 spiro atoms. The van der Waals surface area contributed by atoms with Gasteiger partial charge in [0.25, 0.3) is 0 Å². The van der Waals surface area contributed by atoms with Crippen LogP contribution in [0.5, 0.6) is 0 Å². The first kappa shape index (κ1) is 25.2. The number of hydrogen-bond donors (Lipinski definition) is 1. The number of carbonyl (C=O) groups excluding carboxylic acids is 3. The first-order valence-electron chi connectivity index (χ1n) is 9.86. The van der Waals surface area contributed by atoms with E-state index in [-0.39, 0.29) is 32.1 Å². The molecule has 0 heterocycles. The van der Waals surface area contributed by atoms with Crippen LogP contribution in [-0.4, -0.2) is 55.6 Å². The Morgan fingerprint density at radius 1 is 1.07 bits per heavy atom. The topological polar surface area (TPSA) is 103 Å². The maximum absolute atomic E-state index is 12.3. The quantitative estimate of drug-likeness (QED) is 0.251. The highest BCUT2D eigenvalue weighted by Gasteiger charge is 2.23. The monoisotopic (exact) mass is 424 g/mol. The summed E-state index contributed by atoms with van der Waals surface area (Å²) in [4.78, 5) is 40.7. The van der Waals surface area contributed by atoms with E-state index in [1.54, 1.807) is 20.8 Å². The van der Waals surface area contributed by atoms with Gasteiger partial charge >= 0.3 is 18.2 Å². The van der Waals surface area contributed by atoms with Crippen molar-refractivity contribution < 1.29 is 33.4 Å². The SMILES string of the molecule is COC(=O)CCCN(OCCCNC(=O)OCc1ccccc1)C(=O)OC(C)(C)C. The molecule has 9 heteroatoms. The number of esters is 1. The van der Waals surface area contributed by atoms with Crippen LogP contribution in [0.25, 0.3) is 0 Å². The summed E-state index contributed by atoms with van der Waals surface area (Å²) in [6.07, 6.45) is -0.177. The second-order valence-corrected chi connectivity index (χ2v) is 7.44. The van der Waals surface area contributed by atoms with Gasteiger partial charge in [0.2, 0.25) is 0 Å². The molecule has 0 saturated carbocycles. The highest BCUT2D eigenvalue weighted by atomic mass is 16.7. The number of methoxy groups -OCH3 is 1. The zero-order valence-electron chi connectivity index (χ0n) is 18.1. The first-order chi connectivity index (χ1) is 14.2. The predicted molar refractivity (Wildman–Crippen MR) is 109 cm³/mol. The fourth-order valence-electron chi connectivity index (χ4n) is 2.20. The van der Waals surface area contributed by atoms with Crippen LogP contribution in [0, 0.1) is 0 Å². The van der Waals surface area contributed by atoms with Gasteiger partial charge in [0.15, 0.2) is 0 Å². The van der Waals surface area contributed by atoms with E-state index < -0.39 is 17.8 Å². The fourth-order valence-corrected chi connectivity index (χ4v) is 2.20. The molecular formula is C21H32N2O7. The van der Waals surface area contributed by atoms with Crippen LogP contribution in [0.1, 0.15) is 45.6 Å². The van der Waals surface area contributed by atoms with Crippen molar-refractivity contribution in [2.75, 3.05) is 26.8 Å². The minimum absolute atomic E-state index is 0.161. The zero-order chi connectivity index (χ0) is 22.4. The van der Waals surface area contributed by atoms with E-state index in [0.717, 1.165) is 10.6 Å². The lowest BCUT2D eigenvalue weighted by Crippen LogP contribution is -2.38. The van der Waals surface area contributed by atoms with Gasteiger partial charge in [-0.15, -0.1) is 0 Å². The summed E-state index contributed by atoms with van der Waals surface area (Å²) < 4.78 is 15.0. The number of rotatable bonds is 11. The molecule has 1 aromatic rings. The Kier molecular flexibility index (Phi) is 11.3. The Morgan fingerprint density at radius 3 is 2.40 bits per heavy atom. The van der Waals surface area contributed by atoms with Crippen LogP contribution >= 0.6 is 0 Å². The molecule has 2 amide bonds. The van der Waals surface area contributed by atoms with Crippen LogP contribution in [-0.2, 0) is 30.4 Å². The third kappa shape index (κ3) is 11.9. The van der Waals surface area contributed by atoms with Gasteiger partial charge in [0, 0.05) is 13.0 Å². The van der Waals surface area contributed by atoms with Crippen molar-refractivity contribution in [3.63, 3.8) is 0 Å². The number of amides is 2. The van der Waals surface area contributed by atoms with E-state index in [1.165, 1.54) is 7.11 Å². The van der Waals surface area contributed by atoms with E-state index in [0.29, 0.717) is 19.4 Å². The molecule has 0 fully saturated rings. The van der Waals surface area contributed by atoms with Gasteiger partial charge in [-0.1, -0.05) is 30.3 Å². The molecule has 0 aliphatic heterocycles. The van der Waals surface area contributed by atoms with Crippen molar-refractivity contribution in [3.05, 3.63) is 35.9 Å². The lowest BCUT2D eigenvalue weighted by Gasteiger charge is -2.26. The molecular weight excluding hydrogens is 392 g/mol. The molecule has 9 nitrogen and oxygen atoms in total. The number of hydrogen-bond acceptors (Lipinski definition) is 7. The summed E-state index contributed by atoms with van der Waals surface area (Å²) in [5.41, 5.74) is 0.224. The Balaban J connectivity index is 2.32. The van der Waals surface area contributed by atoms with Crippen molar-refractivity contribution in [2.24, 2.45) is 0 Å². The van der Waals surface area contributed by atoms with Gasteiger partial charge in [-0.3, -0.25) is 9.63 Å². The Bertz CT molecular complexity index is 659. The molecule has 1 aromatic carbocycles. The van der Waals surface area contributed by atoms with Crippen LogP contribution in [0.15, 0.2) is 30.3 Å². The summed E-state index contributed by atoms with van der Waals surface area (Å²) in [5, 5.41) is 3.71. The smallest absolute Gasteiger partial charge is 0.434 e. The fraction of sp³-hybridized carbons (Fsp3) is 0.571. The van der Waals surface area contributed by atoms with E-state index in [4.69, 9.17) is 14.3 Å². The average Bonchev–Trinajstić information content (AvgIpc) is 2.69. The van der Waals surface area contributed by atoms with Crippen molar-refractivity contribution in [1.82, 2.24) is 10.4 Å². The predicted octanol–water partition coefficient (Wildman–Crippen LogP) is 3.42. The number of ether oxygens (including phenoxy) is 3. The van der Waals surface area contributed by atoms with Crippen LogP contribution in [0.3, 0.4) is 0 Å². The molecule has 0 bridgehead atoms. The molecule has 0 radical (unpaired) electrons. The number of hydroxylamine groups is 2. The Labute approximate surface area is 177 Å². The van der Waals surface area contributed by atoms with Crippen molar-refractivity contribution in [3.8, 4) is 0 Å². The largest absolute Gasteiger partial charge is 0.469 e. The van der Waals surface area contributed by atoms with Crippen LogP contribution < -0.4 is 5.32 Å². The van der Waals surface area contributed by atoms with Crippen molar-refractivity contribution >= 4 is 18.2 Å². The molecule has 0 atom stereocenters. The number of alkyl carbamates (subject to hydrolysis) is 1. The lowest BCUT2D eigenvalue weighted by molar-refractivity contribution is -0.151. The third-order valence-electron chi connectivity index (χ3n) is 3.62. The first-order valence-corrected chi connectivity index (χ1v) is 9.86. The van der Waals surface area contributed by atoms with Crippen LogP contribution in [0.2, 0.25) is 0 Å². The van der Waals surface area contributed by atoms with Gasteiger partial charge < -0.3 is 19.5 Å². The third-order valence-corrected chi connectivity index (χ3v) is 3.62. The lowest BCUT2D eigenvalue weighted by atomic mass is 10.2. The van der Waals surface area contributed by atoms with E-state index in [9.17, 15) is 14.4 Å². The number of benzene rings is 1. The maximum atomic E-state index is 12.3. The standard InChI is InChI=1S/C21H32N2O7/c1-21(2,3)30-20(26)23(14-8-12-18(24)27-4)29-15-9-13-22-19(25)28-16-17-10-6-5-7-11-17/h5-7,10-11H,8-9,12-16H2,1-4H3,(H,22,25). The van der Waals surface area contributed by atoms with Crippen molar-refractivity contribution in [1.29, 1.82) is 0 Å². The highest BCUT2D eigenvalue weighted by molar-refractivity contribution is 5.69. The number of carbonyl (C=O) groups is 3. The number of nitrogens with zero attached hydrogens (tertiary/aromatic N) is 1. The summed E-state index contributed by atoms with van der Waals surface area (Å²) in [6, 6.07) is 9.36. The Hall–Kier alpha value is -2.81. The molecule has 0 aliphatic rings. The molecule has 1 N–H and O–H groups in total. The van der Waals surface area contributed by atoms with Gasteiger partial charge in [0.1, 0.15) is 12.2 Å². The molecule has 0 aliphatic carbocycles. The molecule has 1 rings (SSSR count). The second kappa shape index (κ2) is 13.4. The minimum atomic E-state index is -0.675.